The van der Waals surface area contributed by atoms with Gasteiger partial charge in [-0.1, -0.05) is 36.4 Å². The van der Waals surface area contributed by atoms with Gasteiger partial charge >= 0.3 is 0 Å². The van der Waals surface area contributed by atoms with Gasteiger partial charge in [-0.2, -0.15) is 0 Å². The fourth-order valence-electron chi connectivity index (χ4n) is 3.52. The molecule has 7 heteroatoms. The van der Waals surface area contributed by atoms with E-state index in [1.54, 1.807) is 18.0 Å². The summed E-state index contributed by atoms with van der Waals surface area (Å²) < 4.78 is 8.07. The summed E-state index contributed by atoms with van der Waals surface area (Å²) in [6.07, 6.45) is 8.60. The maximum absolute atomic E-state index is 8.88. The molecule has 0 atom stereocenters. The Morgan fingerprint density at radius 2 is 2.10 bits per heavy atom. The van der Waals surface area contributed by atoms with Gasteiger partial charge in [0.15, 0.2) is 11.0 Å². The van der Waals surface area contributed by atoms with Crippen molar-refractivity contribution in [2.75, 3.05) is 6.61 Å². The van der Waals surface area contributed by atoms with E-state index in [0.29, 0.717) is 11.9 Å². The van der Waals surface area contributed by atoms with Gasteiger partial charge in [0.1, 0.15) is 19.0 Å². The fourth-order valence-corrected chi connectivity index (χ4v) is 4.79. The van der Waals surface area contributed by atoms with Gasteiger partial charge in [-0.15, -0.1) is 10.2 Å². The van der Waals surface area contributed by atoms with Crippen molar-refractivity contribution in [2.24, 2.45) is 0 Å². The summed E-state index contributed by atoms with van der Waals surface area (Å²) >= 11 is 1.80. The van der Waals surface area contributed by atoms with Crippen LogP contribution in [0.25, 0.3) is 5.69 Å². The Bertz CT molecular complexity index is 1050. The lowest BCUT2D eigenvalue weighted by Crippen LogP contribution is -2.08. The summed E-state index contributed by atoms with van der Waals surface area (Å²) in [7, 11) is 0. The van der Waals surface area contributed by atoms with E-state index < -0.39 is 0 Å². The number of benzene rings is 1. The number of ether oxygens (including phenoxy) is 1. The number of pyridine rings is 1. The number of aryl methyl sites for hydroxylation is 1. The molecule has 0 spiro atoms. The Morgan fingerprint density at radius 1 is 1.23 bits per heavy atom. The van der Waals surface area contributed by atoms with Crippen LogP contribution in [0.3, 0.4) is 0 Å². The molecule has 30 heavy (non-hydrogen) atoms. The molecule has 0 unspecified atom stereocenters. The highest BCUT2D eigenvalue weighted by molar-refractivity contribution is 7.99. The van der Waals surface area contributed by atoms with Gasteiger partial charge in [0.25, 0.3) is 0 Å². The first-order valence-corrected chi connectivity index (χ1v) is 11.0. The lowest BCUT2D eigenvalue weighted by atomic mass is 10.1. The molecule has 1 aliphatic carbocycles. The first-order valence-electron chi connectivity index (χ1n) is 10.1. The number of hydrogen-bond donors (Lipinski definition) is 1. The summed E-state index contributed by atoms with van der Waals surface area (Å²) in [5.74, 6) is 7.10. The molecule has 4 rings (SSSR count). The molecule has 0 aliphatic heterocycles. The molecule has 0 amide bonds. The van der Waals surface area contributed by atoms with E-state index in [0.717, 1.165) is 33.5 Å². The van der Waals surface area contributed by atoms with Gasteiger partial charge in [0, 0.05) is 17.0 Å². The van der Waals surface area contributed by atoms with E-state index in [1.807, 2.05) is 48.0 Å². The lowest BCUT2D eigenvalue weighted by Gasteiger charge is -2.13. The average molecular weight is 421 g/mol. The SMILES string of the molecule is Cc1cc(OCc2nnc(SC3CCCC3)n2-c2cccnc2)ccc1C#CCO. The van der Waals surface area contributed by atoms with Gasteiger partial charge in [-0.3, -0.25) is 9.55 Å². The van der Waals surface area contributed by atoms with E-state index in [4.69, 9.17) is 9.84 Å². The lowest BCUT2D eigenvalue weighted by molar-refractivity contribution is 0.292. The van der Waals surface area contributed by atoms with Crippen LogP contribution in [0, 0.1) is 18.8 Å². The number of nitrogens with zero attached hydrogens (tertiary/aromatic N) is 4. The van der Waals surface area contributed by atoms with Crippen LogP contribution in [0.5, 0.6) is 5.75 Å². The van der Waals surface area contributed by atoms with Crippen molar-refractivity contribution in [1.29, 1.82) is 0 Å². The smallest absolute Gasteiger partial charge is 0.196 e. The first kappa shape index (κ1) is 20.5. The molecule has 2 heterocycles. The van der Waals surface area contributed by atoms with Crippen molar-refractivity contribution in [1.82, 2.24) is 19.7 Å². The highest BCUT2D eigenvalue weighted by Gasteiger charge is 2.22. The number of aliphatic hydroxyl groups excluding tert-OH is 1. The third-order valence-electron chi connectivity index (χ3n) is 5.05. The molecule has 1 saturated carbocycles. The largest absolute Gasteiger partial charge is 0.486 e. The Kier molecular flexibility index (Phi) is 6.67. The number of aliphatic hydroxyl groups is 1. The molecule has 1 aliphatic rings. The second kappa shape index (κ2) is 9.79. The van der Waals surface area contributed by atoms with Crippen molar-refractivity contribution in [3.63, 3.8) is 0 Å². The number of aromatic nitrogens is 4. The molecule has 0 bridgehead atoms. The van der Waals surface area contributed by atoms with Gasteiger partial charge in [0.2, 0.25) is 0 Å². The average Bonchev–Trinajstić information content (AvgIpc) is 3.42. The molecule has 0 saturated heterocycles. The summed E-state index contributed by atoms with van der Waals surface area (Å²) in [5, 5.41) is 19.2. The number of hydrogen-bond acceptors (Lipinski definition) is 6. The van der Waals surface area contributed by atoms with E-state index in [2.05, 4.69) is 27.0 Å². The predicted molar refractivity (Wildman–Crippen MR) is 117 cm³/mol. The Hall–Kier alpha value is -2.82. The molecule has 0 radical (unpaired) electrons. The zero-order chi connectivity index (χ0) is 20.8. The maximum Gasteiger partial charge on any atom is 0.196 e. The summed E-state index contributed by atoms with van der Waals surface area (Å²) in [6.45, 7) is 2.12. The van der Waals surface area contributed by atoms with Crippen molar-refractivity contribution >= 4 is 11.8 Å². The van der Waals surface area contributed by atoms with E-state index in [9.17, 15) is 0 Å². The summed E-state index contributed by atoms with van der Waals surface area (Å²) in [6, 6.07) is 9.66. The van der Waals surface area contributed by atoms with Crippen LogP contribution in [0.15, 0.2) is 47.9 Å². The Labute approximate surface area is 180 Å². The minimum atomic E-state index is -0.150. The molecular formula is C23H24N4O2S. The maximum atomic E-state index is 8.88. The molecule has 1 fully saturated rings. The van der Waals surface area contributed by atoms with Crippen LogP contribution < -0.4 is 4.74 Å². The normalized spacial score (nSPS) is 13.8. The first-order chi connectivity index (χ1) is 14.7. The van der Waals surface area contributed by atoms with Crippen LogP contribution in [-0.2, 0) is 6.61 Å². The van der Waals surface area contributed by atoms with Crippen LogP contribution in [0.4, 0.5) is 0 Å². The number of thioether (sulfide) groups is 1. The van der Waals surface area contributed by atoms with E-state index in [-0.39, 0.29) is 6.61 Å². The molecular weight excluding hydrogens is 396 g/mol. The van der Waals surface area contributed by atoms with Crippen molar-refractivity contribution in [2.45, 2.75) is 49.6 Å². The van der Waals surface area contributed by atoms with Crippen molar-refractivity contribution in [3.8, 4) is 23.3 Å². The molecule has 2 aromatic heterocycles. The molecule has 1 N–H and O–H groups in total. The van der Waals surface area contributed by atoms with E-state index >= 15 is 0 Å². The molecule has 1 aromatic carbocycles. The highest BCUT2D eigenvalue weighted by Crippen LogP contribution is 2.35. The molecule has 3 aromatic rings. The fraction of sp³-hybridized carbons (Fsp3) is 0.348. The summed E-state index contributed by atoms with van der Waals surface area (Å²) in [5.41, 5.74) is 2.82. The van der Waals surface area contributed by atoms with Gasteiger partial charge in [0.05, 0.1) is 11.9 Å². The zero-order valence-electron chi connectivity index (χ0n) is 16.9. The monoisotopic (exact) mass is 420 g/mol. The van der Waals surface area contributed by atoms with Crippen LogP contribution in [0.1, 0.15) is 42.6 Å². The van der Waals surface area contributed by atoms with Gasteiger partial charge in [-0.05, 0) is 55.7 Å². The standard InChI is InChI=1S/C23H24N4O2S/c1-17-14-20(11-10-18(17)6-5-13-28)29-16-22-25-26-23(30-21-8-2-3-9-21)27(22)19-7-4-12-24-15-19/h4,7,10-12,14-15,21,28H,2-3,8-9,13,16H2,1H3. The summed E-state index contributed by atoms with van der Waals surface area (Å²) in [4.78, 5) is 4.26. The Balaban J connectivity index is 1.55. The van der Waals surface area contributed by atoms with Gasteiger partial charge in [-0.25, -0.2) is 0 Å². The second-order valence-corrected chi connectivity index (χ2v) is 8.46. The molecule has 6 nitrogen and oxygen atoms in total. The minimum absolute atomic E-state index is 0.150. The topological polar surface area (TPSA) is 73.1 Å². The van der Waals surface area contributed by atoms with Crippen molar-refractivity contribution in [3.05, 3.63) is 59.7 Å². The van der Waals surface area contributed by atoms with Crippen LogP contribution >= 0.6 is 11.8 Å². The molecule has 154 valence electrons. The van der Waals surface area contributed by atoms with Crippen LogP contribution in [0.2, 0.25) is 0 Å². The third kappa shape index (κ3) is 4.84. The van der Waals surface area contributed by atoms with Crippen molar-refractivity contribution < 1.29 is 9.84 Å². The van der Waals surface area contributed by atoms with E-state index in [1.165, 1.54) is 25.7 Å². The quantitative estimate of drug-likeness (QED) is 0.609. The van der Waals surface area contributed by atoms with Crippen LogP contribution in [-0.4, -0.2) is 36.7 Å². The Morgan fingerprint density at radius 3 is 2.83 bits per heavy atom. The van der Waals surface area contributed by atoms with Gasteiger partial charge < -0.3 is 9.84 Å². The zero-order valence-corrected chi connectivity index (χ0v) is 17.7. The predicted octanol–water partition coefficient (Wildman–Crippen LogP) is 3.93. The minimum Gasteiger partial charge on any atom is -0.486 e. The third-order valence-corrected chi connectivity index (χ3v) is 6.33. The highest BCUT2D eigenvalue weighted by atomic mass is 32.2. The second-order valence-electron chi connectivity index (χ2n) is 7.20. The number of rotatable bonds is 6.